The third-order valence-corrected chi connectivity index (χ3v) is 4.46. The van der Waals surface area contributed by atoms with Gasteiger partial charge in [0.05, 0.1) is 12.2 Å². The molecule has 0 atom stereocenters. The fraction of sp³-hybridized carbons (Fsp3) is 0.0526. The van der Waals surface area contributed by atoms with Gasteiger partial charge in [0.2, 0.25) is 0 Å². The summed E-state index contributed by atoms with van der Waals surface area (Å²) in [6, 6.07) is 7.76. The molecule has 3 heterocycles. The molecule has 0 saturated carbocycles. The maximum absolute atomic E-state index is 14.4. The molecule has 1 aliphatic rings. The Morgan fingerprint density at radius 1 is 1.04 bits per heavy atom. The monoisotopic (exact) mass is 353 g/mol. The van der Waals surface area contributed by atoms with Gasteiger partial charge in [-0.3, -0.25) is 9.39 Å². The van der Waals surface area contributed by atoms with Crippen LogP contribution in [0.25, 0.3) is 28.4 Å². The van der Waals surface area contributed by atoms with Crippen molar-refractivity contribution in [3.8, 4) is 22.5 Å². The number of aromatic nitrogens is 2. The average Bonchev–Trinajstić information content (AvgIpc) is 3.34. The number of rotatable bonds is 2. The van der Waals surface area contributed by atoms with Crippen LogP contribution >= 0.6 is 0 Å². The zero-order chi connectivity index (χ0) is 17.8. The third-order valence-electron chi connectivity index (χ3n) is 4.46. The Hall–Kier alpha value is -3.35. The molecule has 0 radical (unpaired) electrons. The zero-order valence-corrected chi connectivity index (χ0v) is 13.2. The largest absolute Gasteiger partial charge is 0.432 e. The van der Waals surface area contributed by atoms with Crippen molar-refractivity contribution in [2.24, 2.45) is 4.99 Å². The van der Waals surface area contributed by atoms with Crippen molar-refractivity contribution in [2.75, 3.05) is 0 Å². The summed E-state index contributed by atoms with van der Waals surface area (Å²) >= 11 is 0. The first kappa shape index (κ1) is 14.9. The van der Waals surface area contributed by atoms with Gasteiger partial charge in [0.15, 0.2) is 17.5 Å². The normalized spacial score (nSPS) is 12.9. The molecule has 5 rings (SSSR count). The van der Waals surface area contributed by atoms with E-state index in [2.05, 4.69) is 9.98 Å². The van der Waals surface area contributed by atoms with E-state index in [-0.39, 0.29) is 17.1 Å². The van der Waals surface area contributed by atoms with Gasteiger partial charge in [-0.1, -0.05) is 12.1 Å². The molecule has 2 aromatic heterocycles. The van der Waals surface area contributed by atoms with Crippen LogP contribution in [0.5, 0.6) is 0 Å². The Kier molecular flexibility index (Phi) is 3.06. The number of oxazole rings is 1. The van der Waals surface area contributed by atoms with Crippen molar-refractivity contribution in [3.63, 3.8) is 0 Å². The Balaban J connectivity index is 1.80. The standard InChI is InChI=1S/C19H10F3N3O/c20-14-4-3-13(15(21)16(14)22)17-18(25-5-6-26-19(25)24-17)10-1-2-11-8-23-9-12(11)7-10/h1-7,9H,8H2. The summed E-state index contributed by atoms with van der Waals surface area (Å²) in [7, 11) is 0. The molecule has 26 heavy (non-hydrogen) atoms. The Labute approximate surface area is 145 Å². The Morgan fingerprint density at radius 3 is 2.81 bits per heavy atom. The molecule has 0 aliphatic carbocycles. The lowest BCUT2D eigenvalue weighted by Crippen LogP contribution is -1.96. The molecule has 2 aromatic carbocycles. The van der Waals surface area contributed by atoms with Crippen LogP contribution in [0.3, 0.4) is 0 Å². The highest BCUT2D eigenvalue weighted by atomic mass is 19.2. The van der Waals surface area contributed by atoms with Gasteiger partial charge in [-0.05, 0) is 29.3 Å². The fourth-order valence-corrected chi connectivity index (χ4v) is 3.21. The van der Waals surface area contributed by atoms with Gasteiger partial charge < -0.3 is 4.42 Å². The zero-order valence-electron chi connectivity index (χ0n) is 13.2. The quantitative estimate of drug-likeness (QED) is 0.494. The minimum atomic E-state index is -1.53. The van der Waals surface area contributed by atoms with Crippen molar-refractivity contribution in [1.82, 2.24) is 9.38 Å². The number of nitrogens with zero attached hydrogens (tertiary/aromatic N) is 3. The van der Waals surface area contributed by atoms with Crippen molar-refractivity contribution in [1.29, 1.82) is 0 Å². The van der Waals surface area contributed by atoms with Crippen LogP contribution in [0, 0.1) is 17.5 Å². The molecule has 0 fully saturated rings. The number of aliphatic imine (C=N–C) groups is 1. The maximum Gasteiger partial charge on any atom is 0.306 e. The molecule has 1 aliphatic heterocycles. The van der Waals surface area contributed by atoms with E-state index in [1.807, 2.05) is 18.2 Å². The first-order chi connectivity index (χ1) is 12.6. The molecule has 0 saturated heterocycles. The number of hydrogen-bond acceptors (Lipinski definition) is 3. The molecule has 7 heteroatoms. The van der Waals surface area contributed by atoms with Crippen molar-refractivity contribution < 1.29 is 17.6 Å². The van der Waals surface area contributed by atoms with Crippen LogP contribution in [-0.4, -0.2) is 15.6 Å². The van der Waals surface area contributed by atoms with Gasteiger partial charge in [0, 0.05) is 23.5 Å². The number of imidazole rings is 1. The van der Waals surface area contributed by atoms with Crippen LogP contribution in [0.4, 0.5) is 13.2 Å². The highest BCUT2D eigenvalue weighted by Gasteiger charge is 2.24. The van der Waals surface area contributed by atoms with Gasteiger partial charge in [0.1, 0.15) is 12.0 Å². The average molecular weight is 353 g/mol. The van der Waals surface area contributed by atoms with E-state index in [1.54, 1.807) is 16.8 Å². The molecular weight excluding hydrogens is 343 g/mol. The van der Waals surface area contributed by atoms with Crippen LogP contribution in [0.1, 0.15) is 11.1 Å². The van der Waals surface area contributed by atoms with Crippen molar-refractivity contribution >= 4 is 12.1 Å². The van der Waals surface area contributed by atoms with E-state index in [9.17, 15) is 13.2 Å². The fourth-order valence-electron chi connectivity index (χ4n) is 3.21. The number of halogens is 3. The van der Waals surface area contributed by atoms with Gasteiger partial charge in [-0.25, -0.2) is 13.2 Å². The first-order valence-corrected chi connectivity index (χ1v) is 7.86. The second-order valence-corrected chi connectivity index (χ2v) is 5.97. The van der Waals surface area contributed by atoms with Crippen LogP contribution in [-0.2, 0) is 6.54 Å². The second kappa shape index (κ2) is 5.32. The minimum absolute atomic E-state index is 0.132. The highest BCUT2D eigenvalue weighted by molar-refractivity contribution is 5.89. The predicted molar refractivity (Wildman–Crippen MR) is 89.5 cm³/mol. The molecule has 4 nitrogen and oxygen atoms in total. The summed E-state index contributed by atoms with van der Waals surface area (Å²) in [5.74, 6) is -3.83. The molecule has 4 aromatic rings. The lowest BCUT2D eigenvalue weighted by atomic mass is 10.0. The smallest absolute Gasteiger partial charge is 0.306 e. The maximum atomic E-state index is 14.4. The van der Waals surface area contributed by atoms with E-state index >= 15 is 0 Å². The lowest BCUT2D eigenvalue weighted by Gasteiger charge is -2.08. The molecule has 0 unspecified atom stereocenters. The summed E-state index contributed by atoms with van der Waals surface area (Å²) in [6.07, 6.45) is 4.86. The predicted octanol–water partition coefficient (Wildman–Crippen LogP) is 4.61. The topological polar surface area (TPSA) is 42.8 Å². The van der Waals surface area contributed by atoms with Gasteiger partial charge in [-0.2, -0.15) is 4.98 Å². The van der Waals surface area contributed by atoms with E-state index in [0.29, 0.717) is 12.2 Å². The molecule has 0 N–H and O–H groups in total. The van der Waals surface area contributed by atoms with Crippen LogP contribution in [0.15, 0.2) is 52.2 Å². The lowest BCUT2D eigenvalue weighted by molar-refractivity contribution is 0.449. The summed E-state index contributed by atoms with van der Waals surface area (Å²) in [5.41, 5.74) is 3.36. The second-order valence-electron chi connectivity index (χ2n) is 5.97. The Morgan fingerprint density at radius 2 is 1.92 bits per heavy atom. The van der Waals surface area contributed by atoms with Gasteiger partial charge >= 0.3 is 5.84 Å². The molecule has 128 valence electrons. The van der Waals surface area contributed by atoms with Gasteiger partial charge in [0.25, 0.3) is 0 Å². The van der Waals surface area contributed by atoms with Crippen LogP contribution in [0.2, 0.25) is 0 Å². The van der Waals surface area contributed by atoms with Crippen molar-refractivity contribution in [3.05, 3.63) is 71.4 Å². The number of fused-ring (bicyclic) bond motifs is 2. The van der Waals surface area contributed by atoms with E-state index in [4.69, 9.17) is 4.42 Å². The summed E-state index contributed by atoms with van der Waals surface area (Å²) < 4.78 is 48.4. The first-order valence-electron chi connectivity index (χ1n) is 7.86. The van der Waals surface area contributed by atoms with Crippen LogP contribution < -0.4 is 0 Å². The number of benzene rings is 2. The summed E-state index contributed by atoms with van der Waals surface area (Å²) in [6.45, 7) is 0.619. The third kappa shape index (κ3) is 2.03. The molecule has 0 spiro atoms. The minimum Gasteiger partial charge on any atom is -0.432 e. The number of hydrogen-bond donors (Lipinski definition) is 0. The van der Waals surface area contributed by atoms with Crippen molar-refractivity contribution in [2.45, 2.75) is 6.54 Å². The summed E-state index contributed by atoms with van der Waals surface area (Å²) in [4.78, 5) is 8.50. The molecule has 0 bridgehead atoms. The van der Waals surface area contributed by atoms with E-state index in [0.717, 1.165) is 22.8 Å². The molecule has 0 amide bonds. The summed E-state index contributed by atoms with van der Waals surface area (Å²) in [5, 5.41) is 0. The van der Waals surface area contributed by atoms with E-state index < -0.39 is 17.5 Å². The van der Waals surface area contributed by atoms with E-state index in [1.165, 1.54) is 12.3 Å². The highest BCUT2D eigenvalue weighted by Crippen LogP contribution is 2.36. The van der Waals surface area contributed by atoms with Gasteiger partial charge in [-0.15, -0.1) is 0 Å². The SMILES string of the molecule is Fc1ccc(-c2nc3occn3c2-c2ccc3c(c2)C=NC3)c(F)c1F. The molecular formula is C19H10F3N3O. The Bertz CT molecular complexity index is 1210.